The van der Waals surface area contributed by atoms with Crippen LogP contribution in [0.4, 0.5) is 0 Å². The second kappa shape index (κ2) is 7.28. The van der Waals surface area contributed by atoms with E-state index in [0.29, 0.717) is 12.0 Å². The van der Waals surface area contributed by atoms with Crippen LogP contribution in [0, 0.1) is 12.8 Å². The number of nitrogens with one attached hydrogen (secondary N) is 1. The van der Waals surface area contributed by atoms with Crippen molar-refractivity contribution in [3.8, 4) is 0 Å². The molecule has 0 saturated heterocycles. The average Bonchev–Trinajstić information content (AvgIpc) is 2.36. The van der Waals surface area contributed by atoms with E-state index in [4.69, 9.17) is 5.11 Å². The number of aryl methyl sites for hydroxylation is 1. The molecule has 104 valence electrons. The number of carboxylic acid groups (broad SMARTS) is 1. The SMILES string of the molecule is CCCC(CNC(=O)c1cc(Br)ccc1C)C(=O)O. The molecule has 0 aliphatic rings. The summed E-state index contributed by atoms with van der Waals surface area (Å²) in [6, 6.07) is 5.45. The summed E-state index contributed by atoms with van der Waals surface area (Å²) in [7, 11) is 0. The summed E-state index contributed by atoms with van der Waals surface area (Å²) in [5, 5.41) is 11.7. The molecule has 1 aromatic carbocycles. The van der Waals surface area contributed by atoms with Crippen molar-refractivity contribution in [1.82, 2.24) is 5.32 Å². The lowest BCUT2D eigenvalue weighted by atomic mass is 10.0. The second-order valence-electron chi connectivity index (χ2n) is 4.49. The lowest BCUT2D eigenvalue weighted by Gasteiger charge is -2.13. The molecule has 0 bridgehead atoms. The molecule has 5 heteroatoms. The Morgan fingerprint density at radius 2 is 2.11 bits per heavy atom. The van der Waals surface area contributed by atoms with Gasteiger partial charge in [0, 0.05) is 16.6 Å². The van der Waals surface area contributed by atoms with Crippen LogP contribution in [0.2, 0.25) is 0 Å². The van der Waals surface area contributed by atoms with Gasteiger partial charge in [-0.3, -0.25) is 9.59 Å². The minimum absolute atomic E-state index is 0.161. The van der Waals surface area contributed by atoms with Crippen LogP contribution in [0.1, 0.15) is 35.7 Å². The molecule has 0 saturated carbocycles. The Labute approximate surface area is 121 Å². The van der Waals surface area contributed by atoms with Gasteiger partial charge in [-0.1, -0.05) is 35.3 Å². The largest absolute Gasteiger partial charge is 0.481 e. The van der Waals surface area contributed by atoms with E-state index in [2.05, 4.69) is 21.2 Å². The predicted octanol–water partition coefficient (Wildman–Crippen LogP) is 2.99. The molecule has 0 aliphatic heterocycles. The fraction of sp³-hybridized carbons (Fsp3) is 0.429. The van der Waals surface area contributed by atoms with Crippen molar-refractivity contribution in [3.63, 3.8) is 0 Å². The van der Waals surface area contributed by atoms with Gasteiger partial charge in [-0.05, 0) is 31.0 Å². The van der Waals surface area contributed by atoms with E-state index in [-0.39, 0.29) is 12.5 Å². The van der Waals surface area contributed by atoms with Gasteiger partial charge in [-0.25, -0.2) is 0 Å². The van der Waals surface area contributed by atoms with Crippen molar-refractivity contribution in [2.45, 2.75) is 26.7 Å². The summed E-state index contributed by atoms with van der Waals surface area (Å²) in [5.74, 6) is -1.63. The summed E-state index contributed by atoms with van der Waals surface area (Å²) in [6.07, 6.45) is 1.34. The van der Waals surface area contributed by atoms with Gasteiger partial charge in [-0.15, -0.1) is 0 Å². The number of hydrogen-bond donors (Lipinski definition) is 2. The fourth-order valence-corrected chi connectivity index (χ4v) is 2.17. The van der Waals surface area contributed by atoms with Gasteiger partial charge in [0.05, 0.1) is 5.92 Å². The number of hydrogen-bond acceptors (Lipinski definition) is 2. The van der Waals surface area contributed by atoms with Gasteiger partial charge in [0.1, 0.15) is 0 Å². The lowest BCUT2D eigenvalue weighted by molar-refractivity contribution is -0.141. The monoisotopic (exact) mass is 327 g/mol. The van der Waals surface area contributed by atoms with Crippen molar-refractivity contribution in [2.24, 2.45) is 5.92 Å². The molecule has 2 N–H and O–H groups in total. The highest BCUT2D eigenvalue weighted by Crippen LogP contribution is 2.16. The average molecular weight is 328 g/mol. The van der Waals surface area contributed by atoms with Crippen LogP contribution in [0.25, 0.3) is 0 Å². The molecule has 1 amide bonds. The highest BCUT2D eigenvalue weighted by Gasteiger charge is 2.18. The predicted molar refractivity (Wildman–Crippen MR) is 77.2 cm³/mol. The normalized spacial score (nSPS) is 11.9. The Bertz CT molecular complexity index is 474. The molecule has 0 fully saturated rings. The van der Waals surface area contributed by atoms with Gasteiger partial charge in [0.2, 0.25) is 0 Å². The Morgan fingerprint density at radius 1 is 1.42 bits per heavy atom. The Balaban J connectivity index is 2.69. The molecule has 0 radical (unpaired) electrons. The molecule has 0 spiro atoms. The van der Waals surface area contributed by atoms with Crippen LogP contribution in [0.15, 0.2) is 22.7 Å². The third-order valence-corrected chi connectivity index (χ3v) is 3.43. The molecule has 4 nitrogen and oxygen atoms in total. The first-order valence-electron chi connectivity index (χ1n) is 6.22. The fourth-order valence-electron chi connectivity index (χ4n) is 1.81. The van der Waals surface area contributed by atoms with Crippen molar-refractivity contribution >= 4 is 27.8 Å². The van der Waals surface area contributed by atoms with Crippen LogP contribution < -0.4 is 5.32 Å². The van der Waals surface area contributed by atoms with Crippen LogP contribution in [-0.2, 0) is 4.79 Å². The Morgan fingerprint density at radius 3 is 2.68 bits per heavy atom. The molecular weight excluding hydrogens is 310 g/mol. The van der Waals surface area contributed by atoms with E-state index in [9.17, 15) is 9.59 Å². The number of amides is 1. The zero-order valence-corrected chi connectivity index (χ0v) is 12.7. The van der Waals surface area contributed by atoms with E-state index in [0.717, 1.165) is 16.5 Å². The first-order chi connectivity index (χ1) is 8.95. The smallest absolute Gasteiger partial charge is 0.308 e. The maximum absolute atomic E-state index is 12.0. The second-order valence-corrected chi connectivity index (χ2v) is 5.41. The van der Waals surface area contributed by atoms with E-state index >= 15 is 0 Å². The topological polar surface area (TPSA) is 66.4 Å². The summed E-state index contributed by atoms with van der Waals surface area (Å²) >= 11 is 3.32. The lowest BCUT2D eigenvalue weighted by Crippen LogP contribution is -2.33. The number of carbonyl (C=O) groups excluding carboxylic acids is 1. The quantitative estimate of drug-likeness (QED) is 0.844. The molecule has 0 heterocycles. The summed E-state index contributed by atoms with van der Waals surface area (Å²) in [5.41, 5.74) is 1.43. The van der Waals surface area contributed by atoms with Gasteiger partial charge in [-0.2, -0.15) is 0 Å². The van der Waals surface area contributed by atoms with Gasteiger partial charge in [0.15, 0.2) is 0 Å². The number of carbonyl (C=O) groups is 2. The Kier molecular flexibility index (Phi) is 6.02. The number of rotatable bonds is 6. The standard InChI is InChI=1S/C14H18BrNO3/c1-3-4-10(14(18)19)8-16-13(17)12-7-11(15)6-5-9(12)2/h5-7,10H,3-4,8H2,1-2H3,(H,16,17)(H,18,19). The van der Waals surface area contributed by atoms with E-state index in [1.807, 2.05) is 26.0 Å². The van der Waals surface area contributed by atoms with Crippen LogP contribution >= 0.6 is 15.9 Å². The molecule has 19 heavy (non-hydrogen) atoms. The van der Waals surface area contributed by atoms with E-state index in [1.165, 1.54) is 0 Å². The van der Waals surface area contributed by atoms with Crippen molar-refractivity contribution in [1.29, 1.82) is 0 Å². The summed E-state index contributed by atoms with van der Waals surface area (Å²) < 4.78 is 0.826. The number of carboxylic acids is 1. The third-order valence-electron chi connectivity index (χ3n) is 2.94. The van der Waals surface area contributed by atoms with Crippen LogP contribution in [-0.4, -0.2) is 23.5 Å². The van der Waals surface area contributed by atoms with Crippen LogP contribution in [0.5, 0.6) is 0 Å². The zero-order chi connectivity index (χ0) is 14.4. The van der Waals surface area contributed by atoms with Crippen molar-refractivity contribution in [3.05, 3.63) is 33.8 Å². The third kappa shape index (κ3) is 4.67. The molecule has 0 aromatic heterocycles. The first-order valence-corrected chi connectivity index (χ1v) is 7.02. The number of benzene rings is 1. The molecule has 1 rings (SSSR count). The minimum Gasteiger partial charge on any atom is -0.481 e. The first kappa shape index (κ1) is 15.7. The molecular formula is C14H18BrNO3. The molecule has 1 aromatic rings. The van der Waals surface area contributed by atoms with Gasteiger partial charge >= 0.3 is 5.97 Å². The highest BCUT2D eigenvalue weighted by atomic mass is 79.9. The van der Waals surface area contributed by atoms with Crippen molar-refractivity contribution in [2.75, 3.05) is 6.54 Å². The number of halogens is 1. The van der Waals surface area contributed by atoms with Crippen LogP contribution in [0.3, 0.4) is 0 Å². The van der Waals surface area contributed by atoms with E-state index in [1.54, 1.807) is 6.07 Å². The highest BCUT2D eigenvalue weighted by molar-refractivity contribution is 9.10. The molecule has 1 atom stereocenters. The zero-order valence-electron chi connectivity index (χ0n) is 11.1. The van der Waals surface area contributed by atoms with Gasteiger partial charge in [0.25, 0.3) is 5.91 Å². The maximum atomic E-state index is 12.0. The maximum Gasteiger partial charge on any atom is 0.308 e. The van der Waals surface area contributed by atoms with Gasteiger partial charge < -0.3 is 10.4 Å². The summed E-state index contributed by atoms with van der Waals surface area (Å²) in [6.45, 7) is 3.94. The van der Waals surface area contributed by atoms with E-state index < -0.39 is 11.9 Å². The molecule has 0 aliphatic carbocycles. The minimum atomic E-state index is -0.867. The Hall–Kier alpha value is -1.36. The number of aliphatic carboxylic acids is 1. The summed E-state index contributed by atoms with van der Waals surface area (Å²) in [4.78, 5) is 23.0. The molecule has 1 unspecified atom stereocenters. The van der Waals surface area contributed by atoms with Crippen molar-refractivity contribution < 1.29 is 14.7 Å².